The maximum absolute atomic E-state index is 17.0. The number of amides is 1. The van der Waals surface area contributed by atoms with E-state index in [1.165, 1.54) is 12.0 Å². The lowest BCUT2D eigenvalue weighted by Gasteiger charge is -2.34. The number of rotatable bonds is 3. The number of hydrogen-bond donors (Lipinski definition) is 0. The summed E-state index contributed by atoms with van der Waals surface area (Å²) in [5.74, 6) is -4.02. The van der Waals surface area contributed by atoms with Gasteiger partial charge in [-0.1, -0.05) is 34.1 Å². The third kappa shape index (κ3) is 5.62. The van der Waals surface area contributed by atoms with E-state index < -0.39 is 52.4 Å². The fraction of sp³-hybridized carbons (Fsp3) is 0.703. The van der Waals surface area contributed by atoms with Crippen LogP contribution >= 0.6 is 0 Å². The largest absolute Gasteiger partial charge is 0.497 e. The average molecular weight is 668 g/mol. The molecular weight excluding hydrogens is 620 g/mol. The van der Waals surface area contributed by atoms with Gasteiger partial charge in [0.15, 0.2) is 5.69 Å². The Kier molecular flexibility index (Phi) is 8.22. The Morgan fingerprint density at radius 3 is 2.48 bits per heavy atom. The van der Waals surface area contributed by atoms with Crippen LogP contribution in [-0.4, -0.2) is 64.9 Å². The minimum absolute atomic E-state index is 0.00951. The minimum atomic E-state index is -3.34. The molecule has 1 amide bonds. The van der Waals surface area contributed by atoms with Gasteiger partial charge in [0.1, 0.15) is 24.2 Å². The monoisotopic (exact) mass is 667 g/mol. The number of aldehydes is 1. The second-order valence-corrected chi connectivity index (χ2v) is 16.0. The van der Waals surface area contributed by atoms with Gasteiger partial charge >= 0.3 is 11.9 Å². The number of halogens is 2. The van der Waals surface area contributed by atoms with Gasteiger partial charge in [0, 0.05) is 17.4 Å². The van der Waals surface area contributed by atoms with E-state index in [9.17, 15) is 14.4 Å². The Labute approximate surface area is 280 Å². The van der Waals surface area contributed by atoms with Crippen LogP contribution in [0.25, 0.3) is 11.0 Å². The van der Waals surface area contributed by atoms with Gasteiger partial charge in [0.2, 0.25) is 11.8 Å². The molecule has 1 saturated heterocycles. The van der Waals surface area contributed by atoms with Crippen LogP contribution < -0.4 is 9.47 Å². The molecule has 7 rings (SSSR count). The van der Waals surface area contributed by atoms with E-state index in [4.69, 9.17) is 14.2 Å². The number of nitrogens with zero attached hydrogens (tertiary/aromatic N) is 3. The van der Waals surface area contributed by atoms with E-state index >= 15 is 8.78 Å². The van der Waals surface area contributed by atoms with Crippen molar-refractivity contribution in [2.75, 3.05) is 13.7 Å². The zero-order valence-electron chi connectivity index (χ0n) is 28.5. The zero-order chi connectivity index (χ0) is 34.2. The summed E-state index contributed by atoms with van der Waals surface area (Å²) in [6, 6.07) is 4.07. The first-order valence-electron chi connectivity index (χ1n) is 17.7. The summed E-state index contributed by atoms with van der Waals surface area (Å²) in [5.41, 5.74) is -1.73. The summed E-state index contributed by atoms with van der Waals surface area (Å²) in [4.78, 5) is 51.1. The highest BCUT2D eigenvalue weighted by Crippen LogP contribution is 2.66. The van der Waals surface area contributed by atoms with E-state index in [0.29, 0.717) is 67.1 Å². The van der Waals surface area contributed by atoms with E-state index in [1.54, 1.807) is 18.2 Å². The first-order valence-corrected chi connectivity index (χ1v) is 17.7. The lowest BCUT2D eigenvalue weighted by atomic mass is 9.77. The van der Waals surface area contributed by atoms with Crippen molar-refractivity contribution in [3.8, 4) is 11.6 Å². The van der Waals surface area contributed by atoms with Crippen LogP contribution in [0.4, 0.5) is 8.78 Å². The van der Waals surface area contributed by atoms with Crippen molar-refractivity contribution in [3.63, 3.8) is 0 Å². The van der Waals surface area contributed by atoms with E-state index in [1.807, 2.05) is 27.7 Å². The number of hydrogen-bond acceptors (Lipinski definition) is 8. The normalized spacial score (nSPS) is 34.3. The summed E-state index contributed by atoms with van der Waals surface area (Å²) in [7, 11) is 1.52. The van der Waals surface area contributed by atoms with Crippen LogP contribution in [-0.2, 0) is 25.0 Å². The first-order chi connectivity index (χ1) is 22.8. The highest BCUT2D eigenvalue weighted by Gasteiger charge is 2.65. The number of carbonyl (C=O) groups is 3. The molecule has 2 bridgehead atoms. The molecule has 48 heavy (non-hydrogen) atoms. The molecule has 3 heterocycles. The fourth-order valence-electron chi connectivity index (χ4n) is 9.02. The highest BCUT2D eigenvalue weighted by molar-refractivity contribution is 5.87. The quantitative estimate of drug-likeness (QED) is 0.270. The lowest BCUT2D eigenvalue weighted by Crippen LogP contribution is -2.46. The molecule has 0 N–H and O–H groups in total. The molecule has 1 aromatic heterocycles. The number of alkyl halides is 2. The number of aromatic nitrogens is 2. The average Bonchev–Trinajstić information content (AvgIpc) is 3.95. The second-order valence-electron chi connectivity index (χ2n) is 16.0. The van der Waals surface area contributed by atoms with Crippen molar-refractivity contribution in [1.82, 2.24) is 14.9 Å². The van der Waals surface area contributed by atoms with Crippen LogP contribution in [0.5, 0.6) is 11.6 Å². The minimum Gasteiger partial charge on any atom is -0.497 e. The van der Waals surface area contributed by atoms with Crippen LogP contribution in [0.15, 0.2) is 18.2 Å². The summed E-state index contributed by atoms with van der Waals surface area (Å²) in [6.45, 7) is 7.58. The molecule has 2 aliphatic heterocycles. The van der Waals surface area contributed by atoms with Crippen molar-refractivity contribution in [1.29, 1.82) is 0 Å². The predicted molar refractivity (Wildman–Crippen MR) is 172 cm³/mol. The molecular formula is C37H47F2N3O6. The van der Waals surface area contributed by atoms with Crippen LogP contribution in [0.3, 0.4) is 0 Å². The molecule has 9 nitrogen and oxygen atoms in total. The van der Waals surface area contributed by atoms with Gasteiger partial charge in [-0.15, -0.1) is 0 Å². The van der Waals surface area contributed by atoms with Gasteiger partial charge in [-0.05, 0) is 80.2 Å². The van der Waals surface area contributed by atoms with Crippen LogP contribution in [0.2, 0.25) is 0 Å². The third-order valence-corrected chi connectivity index (χ3v) is 12.2. The number of ether oxygens (including phenoxy) is 3. The molecule has 260 valence electrons. The molecule has 11 heteroatoms. The Bertz CT molecular complexity index is 1610. The fourth-order valence-corrected chi connectivity index (χ4v) is 9.02. The number of benzene rings is 1. The summed E-state index contributed by atoms with van der Waals surface area (Å²) in [6.07, 6.45) is 4.24. The zero-order valence-corrected chi connectivity index (χ0v) is 28.5. The SMILES string of the molecule is CC[C@@H]1[C@@H]2CN(C(=O)[C@H](C(C)(C)C)CC(=O)O[C@@H]3CC4CC4[C@H]3CCCC3(CC3)C(F)(F)c3nc4ccc(OC)cc4nc3O2)[C@@H]1C=O. The Balaban J connectivity index is 1.32. The molecule has 8 atom stereocenters. The van der Waals surface area contributed by atoms with Crippen molar-refractivity contribution in [3.05, 3.63) is 23.9 Å². The van der Waals surface area contributed by atoms with Crippen molar-refractivity contribution in [2.24, 2.45) is 40.4 Å². The van der Waals surface area contributed by atoms with Crippen molar-refractivity contribution >= 4 is 29.2 Å². The molecule has 3 aliphatic carbocycles. The van der Waals surface area contributed by atoms with Crippen molar-refractivity contribution in [2.45, 2.75) is 110 Å². The molecule has 1 spiro atoms. The highest BCUT2D eigenvalue weighted by atomic mass is 19.3. The number of fused-ring (bicyclic) bond motifs is 7. The summed E-state index contributed by atoms with van der Waals surface area (Å²) in [5, 5.41) is 0. The van der Waals surface area contributed by atoms with Gasteiger partial charge in [-0.3, -0.25) is 9.59 Å². The Hall–Kier alpha value is -3.37. The van der Waals surface area contributed by atoms with Crippen LogP contribution in [0.1, 0.15) is 91.2 Å². The van der Waals surface area contributed by atoms with Gasteiger partial charge in [0.25, 0.3) is 0 Å². The smallest absolute Gasteiger partial charge is 0.306 e. The van der Waals surface area contributed by atoms with E-state index in [0.717, 1.165) is 19.1 Å². The molecule has 5 aliphatic rings. The maximum Gasteiger partial charge on any atom is 0.306 e. The molecule has 0 radical (unpaired) electrons. The summed E-state index contributed by atoms with van der Waals surface area (Å²) >= 11 is 0. The molecule has 2 aromatic rings. The Morgan fingerprint density at radius 1 is 1.04 bits per heavy atom. The number of carbonyl (C=O) groups excluding carboxylic acids is 3. The number of methoxy groups -OCH3 is 1. The van der Waals surface area contributed by atoms with Gasteiger partial charge in [-0.2, -0.15) is 8.78 Å². The molecule has 3 saturated carbocycles. The lowest BCUT2D eigenvalue weighted by molar-refractivity contribution is -0.158. The molecule has 1 aromatic carbocycles. The van der Waals surface area contributed by atoms with Gasteiger partial charge in [0.05, 0.1) is 43.1 Å². The topological polar surface area (TPSA) is 108 Å². The van der Waals surface area contributed by atoms with Gasteiger partial charge in [-0.25, -0.2) is 9.97 Å². The van der Waals surface area contributed by atoms with E-state index in [2.05, 4.69) is 9.97 Å². The van der Waals surface area contributed by atoms with E-state index in [-0.39, 0.29) is 36.8 Å². The van der Waals surface area contributed by atoms with Gasteiger partial charge < -0.3 is 23.9 Å². The number of esters is 1. The predicted octanol–water partition coefficient (Wildman–Crippen LogP) is 6.50. The van der Waals surface area contributed by atoms with Crippen LogP contribution in [0, 0.1) is 40.4 Å². The third-order valence-electron chi connectivity index (χ3n) is 12.2. The standard InChI is InChI=1S/C37H47F2N3O6/c1-6-22-28(19-43)42-18-30(22)48-33-32(40-26-10-9-21(46-5)16-27(26)41-33)37(38,39)36(12-13-36)11-7-8-23-24-14-20(24)15-29(23)47-31(44)17-25(34(42)45)35(2,3)4/h9-10,16,19-20,22-25,28-30H,6-8,11-15,17-18H2,1-5H3/t20?,22-,23+,24?,25+,28+,29+,30-/m0/s1. The van der Waals surface area contributed by atoms with Crippen molar-refractivity contribution < 1.29 is 37.4 Å². The molecule has 2 unspecified atom stereocenters. The first kappa shape index (κ1) is 33.1. The second kappa shape index (κ2) is 11.9. The molecule has 4 fully saturated rings. The maximum atomic E-state index is 17.0. The summed E-state index contributed by atoms with van der Waals surface area (Å²) < 4.78 is 51.8. The Morgan fingerprint density at radius 2 is 1.81 bits per heavy atom.